The van der Waals surface area contributed by atoms with Crippen LogP contribution in [0.3, 0.4) is 0 Å². The van der Waals surface area contributed by atoms with E-state index in [4.69, 9.17) is 25.1 Å². The lowest BCUT2D eigenvalue weighted by Crippen LogP contribution is -2.51. The maximum atomic E-state index is 15.3. The topological polar surface area (TPSA) is 257 Å². The number of carboxylic acids is 1. The molecule has 1 saturated heterocycles. The number of aliphatic hydroxyl groups is 4. The van der Waals surface area contributed by atoms with Crippen LogP contribution in [0.1, 0.15) is 79.6 Å². The molecule has 0 spiro atoms. The monoisotopic (exact) mass is 791 g/mol. The standard InChI is InChI=1S/C30H49F2NO7.C7H14N2O3.CH4N2/c1-7-8-9-10-11-12-13-23(35)19-25(36)29(5,6)30(31,32)15-14-26(39-17-16-34)33-28(38)27(37)24-18-20(2)21(3)22(4)40-24;1-8-4-2-3-6(7(11)12)9-5-10;2-1-3/h7-10,12-13,21-27,34-37H,2,11,14-19H2,1,3-6H3,(H,33,38);5-6,8H,2-4H2,1H3,(H,9,10)(H,11,12);1H,(H3,2,3)/b8-7+,10-9+,13-12+;;/t21-,22-,23-,24?,25-,26+,27+;6-;/m10./s1. The molecule has 318 valence electrons. The fraction of sp³-hybridized carbons (Fsp3) is 0.684. The minimum atomic E-state index is -3.41. The molecule has 0 bridgehead atoms. The molecule has 1 fully saturated rings. The Morgan fingerprint density at radius 1 is 1.16 bits per heavy atom. The van der Waals surface area contributed by atoms with E-state index in [2.05, 4.69) is 28.3 Å². The summed E-state index contributed by atoms with van der Waals surface area (Å²) in [6.45, 7) is 12.2. The molecule has 17 heteroatoms. The molecule has 0 aromatic heterocycles. The van der Waals surface area contributed by atoms with Crippen LogP contribution in [-0.2, 0) is 23.9 Å². The Morgan fingerprint density at radius 3 is 2.33 bits per heavy atom. The molecule has 15 nitrogen and oxygen atoms in total. The van der Waals surface area contributed by atoms with Gasteiger partial charge in [-0.15, -0.1) is 0 Å². The summed E-state index contributed by atoms with van der Waals surface area (Å²) in [4.78, 5) is 33.1. The second kappa shape index (κ2) is 29.7. The van der Waals surface area contributed by atoms with Gasteiger partial charge >= 0.3 is 5.97 Å². The number of carbonyl (C=O) groups excluding carboxylic acids is 2. The summed E-state index contributed by atoms with van der Waals surface area (Å²) in [5.74, 6) is -5.18. The van der Waals surface area contributed by atoms with Crippen molar-refractivity contribution >= 4 is 24.6 Å². The second-order valence-corrected chi connectivity index (χ2v) is 13.6. The Morgan fingerprint density at radius 2 is 1.80 bits per heavy atom. The zero-order valence-corrected chi connectivity index (χ0v) is 33.1. The third-order valence-electron chi connectivity index (χ3n) is 9.05. The summed E-state index contributed by atoms with van der Waals surface area (Å²) in [5.41, 5.74) is 3.31. The van der Waals surface area contributed by atoms with Crippen molar-refractivity contribution < 1.29 is 58.2 Å². The van der Waals surface area contributed by atoms with Crippen molar-refractivity contribution in [2.45, 2.75) is 128 Å². The van der Waals surface area contributed by atoms with Crippen LogP contribution in [0.15, 0.2) is 48.6 Å². The molecule has 1 aliphatic rings. The summed E-state index contributed by atoms with van der Waals surface area (Å²) in [6.07, 6.45) is 5.84. The third-order valence-corrected chi connectivity index (χ3v) is 9.05. The first-order valence-electron chi connectivity index (χ1n) is 18.3. The molecular weight excluding hydrogens is 724 g/mol. The largest absolute Gasteiger partial charge is 0.480 e. The highest BCUT2D eigenvalue weighted by Gasteiger charge is 2.51. The fourth-order valence-corrected chi connectivity index (χ4v) is 5.11. The maximum absolute atomic E-state index is 15.3. The summed E-state index contributed by atoms with van der Waals surface area (Å²) >= 11 is 0. The lowest BCUT2D eigenvalue weighted by atomic mass is 9.76. The number of hydrogen-bond donors (Lipinski definition) is 10. The van der Waals surface area contributed by atoms with E-state index in [9.17, 15) is 29.7 Å². The maximum Gasteiger partial charge on any atom is 0.326 e. The van der Waals surface area contributed by atoms with Gasteiger partial charge in [0.2, 0.25) is 6.41 Å². The Kier molecular flexibility index (Phi) is 28.9. The van der Waals surface area contributed by atoms with Gasteiger partial charge in [-0.2, -0.15) is 0 Å². The fourth-order valence-electron chi connectivity index (χ4n) is 5.11. The first-order chi connectivity index (χ1) is 25.8. The van der Waals surface area contributed by atoms with Gasteiger partial charge in [-0.1, -0.05) is 69.4 Å². The Bertz CT molecular complexity index is 1200. The van der Waals surface area contributed by atoms with Crippen LogP contribution in [0.4, 0.5) is 8.78 Å². The van der Waals surface area contributed by atoms with E-state index in [-0.39, 0.29) is 37.9 Å². The van der Waals surface area contributed by atoms with Crippen LogP contribution < -0.4 is 21.7 Å². The van der Waals surface area contributed by atoms with E-state index in [0.717, 1.165) is 24.9 Å². The predicted molar refractivity (Wildman–Crippen MR) is 207 cm³/mol. The average molecular weight is 792 g/mol. The van der Waals surface area contributed by atoms with Gasteiger partial charge in [-0.3, -0.25) is 15.0 Å². The van der Waals surface area contributed by atoms with E-state index < -0.39 is 72.9 Å². The molecule has 0 radical (unpaired) electrons. The number of aliphatic carboxylic acids is 1. The van der Waals surface area contributed by atoms with Crippen LogP contribution in [0.25, 0.3) is 0 Å². The van der Waals surface area contributed by atoms with E-state index in [1.54, 1.807) is 13.1 Å². The molecule has 0 saturated carbocycles. The van der Waals surface area contributed by atoms with Crippen molar-refractivity contribution in [3.05, 3.63) is 48.6 Å². The van der Waals surface area contributed by atoms with Gasteiger partial charge in [0.1, 0.15) is 12.3 Å². The van der Waals surface area contributed by atoms with E-state index >= 15 is 8.78 Å². The van der Waals surface area contributed by atoms with Gasteiger partial charge in [0.15, 0.2) is 6.10 Å². The van der Waals surface area contributed by atoms with E-state index in [1.165, 1.54) is 19.9 Å². The van der Waals surface area contributed by atoms with Crippen LogP contribution in [0.5, 0.6) is 0 Å². The van der Waals surface area contributed by atoms with Crippen molar-refractivity contribution in [3.8, 4) is 0 Å². The van der Waals surface area contributed by atoms with E-state index in [1.807, 2.05) is 45.1 Å². The van der Waals surface area contributed by atoms with Crippen molar-refractivity contribution in [2.24, 2.45) is 17.1 Å². The number of rotatable bonds is 24. The minimum Gasteiger partial charge on any atom is -0.480 e. The van der Waals surface area contributed by atoms with Gasteiger partial charge in [0, 0.05) is 18.8 Å². The number of aliphatic hydroxyl groups excluding tert-OH is 4. The zero-order valence-electron chi connectivity index (χ0n) is 33.1. The van der Waals surface area contributed by atoms with Crippen molar-refractivity contribution in [2.75, 3.05) is 26.8 Å². The number of nitrogens with one attached hydrogen (secondary N) is 4. The molecule has 8 atom stereocenters. The highest BCUT2D eigenvalue weighted by atomic mass is 19.3. The van der Waals surface area contributed by atoms with Crippen molar-refractivity contribution in [1.82, 2.24) is 16.0 Å². The van der Waals surface area contributed by atoms with Gasteiger partial charge in [0.25, 0.3) is 11.8 Å². The average Bonchev–Trinajstić information content (AvgIpc) is 3.12. The van der Waals surface area contributed by atoms with Crippen LogP contribution in [-0.4, -0.2) is 126 Å². The Labute approximate surface area is 324 Å². The SMILES string of the molecule is C=C1CC([C@H](O)C(=O)N[C@H](CCC(F)(F)C(C)(C)[C@H](O)C[C@H](O)/C=C/C/C=C/C=C/C)OCCO)O[C@H](C)[C@@H]1C.CNCCC[C@H](NC=O)C(=O)O.N=CN. The summed E-state index contributed by atoms with van der Waals surface area (Å²) in [6, 6.07) is -0.754. The molecule has 2 amide bonds. The second-order valence-electron chi connectivity index (χ2n) is 13.6. The number of alkyl halides is 2. The molecule has 1 rings (SSSR count). The molecule has 0 aromatic rings. The van der Waals surface area contributed by atoms with Gasteiger partial charge < -0.3 is 56.7 Å². The summed E-state index contributed by atoms with van der Waals surface area (Å²) in [7, 11) is 1.79. The predicted octanol–water partition coefficient (Wildman–Crippen LogP) is 2.54. The number of halogens is 2. The minimum absolute atomic E-state index is 0.0654. The number of nitrogens with two attached hydrogens (primary N) is 1. The highest BCUT2D eigenvalue weighted by Crippen LogP contribution is 2.44. The first kappa shape index (κ1) is 53.5. The first-order valence-corrected chi connectivity index (χ1v) is 18.3. The number of carboxylic acid groups (broad SMARTS) is 1. The Balaban J connectivity index is 0. The molecule has 1 unspecified atom stereocenters. The molecule has 1 aliphatic heterocycles. The normalized spacial score (nSPS) is 20.4. The van der Waals surface area contributed by atoms with Crippen molar-refractivity contribution in [1.29, 1.82) is 5.41 Å². The smallest absolute Gasteiger partial charge is 0.326 e. The summed E-state index contributed by atoms with van der Waals surface area (Å²) in [5, 5.41) is 62.5. The van der Waals surface area contributed by atoms with Gasteiger partial charge in [-0.05, 0) is 59.5 Å². The van der Waals surface area contributed by atoms with Crippen molar-refractivity contribution in [3.63, 3.8) is 0 Å². The number of hydrogen-bond acceptors (Lipinski definition) is 11. The summed E-state index contributed by atoms with van der Waals surface area (Å²) < 4.78 is 41.8. The van der Waals surface area contributed by atoms with Crippen LogP contribution in [0.2, 0.25) is 0 Å². The number of allylic oxidation sites excluding steroid dienone is 5. The van der Waals surface area contributed by atoms with Crippen LogP contribution in [0, 0.1) is 16.7 Å². The number of amides is 2. The molecule has 0 aliphatic carbocycles. The van der Waals surface area contributed by atoms with Gasteiger partial charge in [-0.25, -0.2) is 13.6 Å². The Hall–Kier alpha value is -3.58. The molecular formula is C38H67F2N5O10. The van der Waals surface area contributed by atoms with Crippen LogP contribution >= 0.6 is 0 Å². The molecule has 1 heterocycles. The molecule has 11 N–H and O–H groups in total. The van der Waals surface area contributed by atoms with E-state index in [0.29, 0.717) is 19.3 Å². The number of carbonyl (C=O) groups is 3. The molecule has 55 heavy (non-hydrogen) atoms. The zero-order chi connectivity index (χ0) is 42.6. The third kappa shape index (κ3) is 21.9. The number of ether oxygens (including phenoxy) is 2. The van der Waals surface area contributed by atoms with Gasteiger partial charge in [0.05, 0.1) is 49.4 Å². The highest BCUT2D eigenvalue weighted by molar-refractivity contribution is 5.81. The molecule has 0 aromatic carbocycles. The lowest BCUT2D eigenvalue weighted by molar-refractivity contribution is -0.172. The lowest BCUT2D eigenvalue weighted by Gasteiger charge is -2.39. The quantitative estimate of drug-likeness (QED) is 0.0129.